The maximum Gasteiger partial charge on any atom is 0.342 e. The van der Waals surface area contributed by atoms with Crippen LogP contribution in [0.15, 0.2) is 64.6 Å². The summed E-state index contributed by atoms with van der Waals surface area (Å²) in [5.41, 5.74) is 4.00. The van der Waals surface area contributed by atoms with Gasteiger partial charge in [-0.1, -0.05) is 17.1 Å². The van der Waals surface area contributed by atoms with Crippen LogP contribution in [0.3, 0.4) is 0 Å². The Balaban J connectivity index is 1.79. The van der Waals surface area contributed by atoms with E-state index < -0.39 is 5.97 Å². The zero-order valence-corrected chi connectivity index (χ0v) is 14.9. The molecule has 0 saturated heterocycles. The summed E-state index contributed by atoms with van der Waals surface area (Å²) in [7, 11) is 0. The maximum absolute atomic E-state index is 12.0. The molecule has 8 heteroatoms. The second-order valence-corrected chi connectivity index (χ2v) is 5.34. The zero-order valence-electron chi connectivity index (χ0n) is 14.1. The van der Waals surface area contributed by atoms with Crippen molar-refractivity contribution in [3.05, 3.63) is 82.9 Å². The molecule has 0 bridgehead atoms. The summed E-state index contributed by atoms with van der Waals surface area (Å²) in [6.45, 7) is 7.29. The summed E-state index contributed by atoms with van der Waals surface area (Å²) < 4.78 is 10.5. The lowest BCUT2D eigenvalue weighted by Crippen LogP contribution is -1.99. The molecule has 1 aromatic heterocycles. The number of furan rings is 1. The summed E-state index contributed by atoms with van der Waals surface area (Å²) in [6, 6.07) is 10.2. The van der Waals surface area contributed by atoms with Crippen LogP contribution in [0.4, 0.5) is 5.69 Å². The maximum atomic E-state index is 12.0. The first kappa shape index (κ1) is 18.7. The van der Waals surface area contributed by atoms with E-state index in [-0.39, 0.29) is 11.5 Å². The lowest BCUT2D eigenvalue weighted by molar-refractivity contribution is -0.210. The van der Waals surface area contributed by atoms with Crippen LogP contribution in [0.1, 0.15) is 11.3 Å². The highest BCUT2D eigenvalue weighted by Gasteiger charge is 2.31. The summed E-state index contributed by atoms with van der Waals surface area (Å²) in [5, 5.41) is 2.30. The number of carbonyl (C=O) groups is 1. The van der Waals surface area contributed by atoms with Crippen LogP contribution in [0.5, 0.6) is 0 Å². The molecular formula is C20H10N2O5S. The first-order chi connectivity index (χ1) is 13.7. The van der Waals surface area contributed by atoms with Gasteiger partial charge < -0.3 is 9.15 Å². The van der Waals surface area contributed by atoms with E-state index in [1.54, 1.807) is 42.5 Å². The predicted molar refractivity (Wildman–Crippen MR) is 103 cm³/mol. The SMILES string of the molecule is [C-]#[N+]C1=C(c2ccc(NOOC#CC=C=S)cc2)C(=Cc2ccco2)OC1=O. The van der Waals surface area contributed by atoms with Gasteiger partial charge in [0, 0.05) is 17.7 Å². The fourth-order valence-electron chi connectivity index (χ4n) is 2.28. The Kier molecular flexibility index (Phi) is 6.04. The Morgan fingerprint density at radius 1 is 1.25 bits per heavy atom. The van der Waals surface area contributed by atoms with E-state index in [1.165, 1.54) is 12.3 Å². The number of rotatable bonds is 5. The van der Waals surface area contributed by atoms with E-state index in [9.17, 15) is 4.79 Å². The first-order valence-electron chi connectivity index (χ1n) is 7.71. The molecule has 0 unspecified atom stereocenters. The van der Waals surface area contributed by atoms with Gasteiger partial charge in [-0.3, -0.25) is 9.68 Å². The summed E-state index contributed by atoms with van der Waals surface area (Å²) in [6.07, 6.45) is 6.59. The van der Waals surface area contributed by atoms with Gasteiger partial charge >= 0.3 is 5.97 Å². The number of carbonyl (C=O) groups excluding carboxylic acids is 1. The van der Waals surface area contributed by atoms with Gasteiger partial charge in [-0.25, -0.2) is 10.3 Å². The number of nitrogens with zero attached hydrogens (tertiary/aromatic N) is 1. The van der Waals surface area contributed by atoms with Gasteiger partial charge in [-0.05, 0) is 53.0 Å². The normalized spacial score (nSPS) is 13.8. The minimum absolute atomic E-state index is 0.0972. The van der Waals surface area contributed by atoms with E-state index in [0.29, 0.717) is 22.6 Å². The number of hydrogen-bond acceptors (Lipinski definition) is 7. The van der Waals surface area contributed by atoms with Crippen LogP contribution >= 0.6 is 12.2 Å². The lowest BCUT2D eigenvalue weighted by atomic mass is 10.0. The van der Waals surface area contributed by atoms with Crippen molar-refractivity contribution in [3.8, 4) is 12.0 Å². The van der Waals surface area contributed by atoms with Gasteiger partial charge in [0.15, 0.2) is 6.11 Å². The molecule has 1 aromatic carbocycles. The van der Waals surface area contributed by atoms with Gasteiger partial charge in [0.1, 0.15) is 11.5 Å². The van der Waals surface area contributed by atoms with Crippen molar-refractivity contribution in [2.75, 3.05) is 5.48 Å². The number of allylic oxidation sites excluding steroid dienone is 2. The van der Waals surface area contributed by atoms with Crippen LogP contribution in [0, 0.1) is 18.6 Å². The van der Waals surface area contributed by atoms with Crippen LogP contribution in [0.25, 0.3) is 16.5 Å². The Labute approximate surface area is 165 Å². The molecule has 0 spiro atoms. The average Bonchev–Trinajstić information content (AvgIpc) is 3.32. The Hall–Kier alpha value is -4.07. The fourth-order valence-corrected chi connectivity index (χ4v) is 2.34. The molecule has 2 aromatic rings. The molecule has 1 aliphatic heterocycles. The van der Waals surface area contributed by atoms with Gasteiger partial charge in [0.2, 0.25) is 0 Å². The number of ether oxygens (including phenoxy) is 1. The highest BCUT2D eigenvalue weighted by Crippen LogP contribution is 2.36. The van der Waals surface area contributed by atoms with Crippen molar-refractivity contribution >= 4 is 40.5 Å². The Morgan fingerprint density at radius 2 is 2.07 bits per heavy atom. The highest BCUT2D eigenvalue weighted by atomic mass is 32.1. The van der Waals surface area contributed by atoms with Gasteiger partial charge in [0.25, 0.3) is 5.70 Å². The molecule has 0 fully saturated rings. The number of anilines is 1. The summed E-state index contributed by atoms with van der Waals surface area (Å²) in [5.74, 6) is 2.47. The monoisotopic (exact) mass is 390 g/mol. The smallest absolute Gasteiger partial charge is 0.342 e. The van der Waals surface area contributed by atoms with Crippen LogP contribution in [0.2, 0.25) is 0 Å². The molecular weight excluding hydrogens is 380 g/mol. The van der Waals surface area contributed by atoms with Crippen molar-refractivity contribution in [2.45, 2.75) is 0 Å². The van der Waals surface area contributed by atoms with Crippen LogP contribution in [-0.4, -0.2) is 11.0 Å². The molecule has 2 heterocycles. The van der Waals surface area contributed by atoms with Gasteiger partial charge in [-0.2, -0.15) is 0 Å². The van der Waals surface area contributed by atoms with Crippen LogP contribution in [-0.2, 0) is 19.4 Å². The number of benzene rings is 1. The van der Waals surface area contributed by atoms with E-state index in [4.69, 9.17) is 20.7 Å². The summed E-state index contributed by atoms with van der Waals surface area (Å²) in [4.78, 5) is 24.6. The second kappa shape index (κ2) is 9.04. The Bertz CT molecular complexity index is 1090. The molecule has 0 atom stereocenters. The largest absolute Gasteiger partial charge is 0.465 e. The van der Waals surface area contributed by atoms with Crippen molar-refractivity contribution in [1.29, 1.82) is 0 Å². The van der Waals surface area contributed by atoms with Gasteiger partial charge in [0.05, 0.1) is 18.5 Å². The highest BCUT2D eigenvalue weighted by molar-refractivity contribution is 7.78. The van der Waals surface area contributed by atoms with Crippen LogP contribution < -0.4 is 5.48 Å². The molecule has 1 N–H and O–H groups in total. The first-order valence-corrected chi connectivity index (χ1v) is 8.12. The number of nitrogens with one attached hydrogen (secondary N) is 1. The van der Waals surface area contributed by atoms with E-state index in [2.05, 4.69) is 44.5 Å². The van der Waals surface area contributed by atoms with E-state index in [1.807, 2.05) is 0 Å². The number of hydrogen-bond donors (Lipinski definition) is 1. The number of cyclic esters (lactones) is 1. The number of esters is 1. The van der Waals surface area contributed by atoms with Crippen molar-refractivity contribution < 1.29 is 23.8 Å². The average molecular weight is 390 g/mol. The Morgan fingerprint density at radius 3 is 2.75 bits per heavy atom. The lowest BCUT2D eigenvalue weighted by Gasteiger charge is -2.07. The summed E-state index contributed by atoms with van der Waals surface area (Å²) >= 11 is 4.45. The molecule has 136 valence electrons. The van der Waals surface area contributed by atoms with E-state index >= 15 is 0 Å². The molecule has 0 amide bonds. The molecule has 0 saturated carbocycles. The second-order valence-electron chi connectivity index (χ2n) is 5.10. The fraction of sp³-hybridized carbons (Fsp3) is 0. The standard InChI is InChI=1S/C20H10N2O5S/c1-21-19-18(17(26-20(19)23)13-16-5-4-10-24-16)14-6-8-15(9-7-14)22-27-25-11-2-3-12-28/h3-10,13,22H. The van der Waals surface area contributed by atoms with Crippen molar-refractivity contribution in [2.24, 2.45) is 0 Å². The third kappa shape index (κ3) is 4.36. The van der Waals surface area contributed by atoms with E-state index in [0.717, 1.165) is 0 Å². The minimum Gasteiger partial charge on any atom is -0.465 e. The van der Waals surface area contributed by atoms with Crippen molar-refractivity contribution in [3.63, 3.8) is 0 Å². The third-order valence-corrected chi connectivity index (χ3v) is 3.53. The molecule has 28 heavy (non-hydrogen) atoms. The zero-order chi connectivity index (χ0) is 19.8. The predicted octanol–water partition coefficient (Wildman–Crippen LogP) is 3.90. The van der Waals surface area contributed by atoms with Gasteiger partial charge in [-0.15, -0.1) is 0 Å². The number of thiocarbonyl (C=S) groups is 1. The minimum atomic E-state index is -0.703. The topological polar surface area (TPSA) is 74.3 Å². The molecule has 7 nitrogen and oxygen atoms in total. The molecule has 3 rings (SSSR count). The third-order valence-electron chi connectivity index (χ3n) is 3.41. The molecule has 0 aliphatic carbocycles. The molecule has 0 radical (unpaired) electrons. The molecule has 1 aliphatic rings. The quantitative estimate of drug-likeness (QED) is 0.158. The van der Waals surface area contributed by atoms with Crippen molar-refractivity contribution in [1.82, 2.24) is 0 Å².